The van der Waals surface area contributed by atoms with Gasteiger partial charge in [-0.3, -0.25) is 4.79 Å². The van der Waals surface area contributed by atoms with Crippen LogP contribution in [0.15, 0.2) is 24.3 Å². The molecule has 0 saturated heterocycles. The second-order valence-corrected chi connectivity index (χ2v) is 17.9. The molecule has 3 N–H and O–H groups in total. The molecule has 0 aromatic rings. The highest BCUT2D eigenvalue weighted by Crippen LogP contribution is 2.17. The van der Waals surface area contributed by atoms with Crippen LogP contribution in [-0.4, -0.2) is 34.9 Å². The minimum atomic E-state index is -0.656. The number of hydrogen-bond acceptors (Lipinski definition) is 3. The zero-order chi connectivity index (χ0) is 41.4. The van der Waals surface area contributed by atoms with Gasteiger partial charge >= 0.3 is 0 Å². The Hall–Kier alpha value is -1.13. The van der Waals surface area contributed by atoms with E-state index < -0.39 is 12.1 Å². The largest absolute Gasteiger partial charge is 0.394 e. The van der Waals surface area contributed by atoms with Crippen LogP contribution in [0.25, 0.3) is 0 Å². The van der Waals surface area contributed by atoms with Crippen LogP contribution in [0.2, 0.25) is 0 Å². The van der Waals surface area contributed by atoms with Crippen molar-refractivity contribution in [1.82, 2.24) is 5.32 Å². The monoisotopic (exact) mass is 802 g/mol. The van der Waals surface area contributed by atoms with Gasteiger partial charge in [-0.2, -0.15) is 0 Å². The van der Waals surface area contributed by atoms with Crippen LogP contribution in [0.5, 0.6) is 0 Å². The maximum Gasteiger partial charge on any atom is 0.220 e. The van der Waals surface area contributed by atoms with Gasteiger partial charge in [0.1, 0.15) is 0 Å². The van der Waals surface area contributed by atoms with Gasteiger partial charge in [0, 0.05) is 6.42 Å². The molecule has 0 heterocycles. The Morgan fingerprint density at radius 1 is 0.421 bits per heavy atom. The summed E-state index contributed by atoms with van der Waals surface area (Å²) in [5.74, 6) is -0.0283. The quantitative estimate of drug-likeness (QED) is 0.0424. The van der Waals surface area contributed by atoms with E-state index >= 15 is 0 Å². The normalized spacial score (nSPS) is 13.0. The number of carbonyl (C=O) groups is 1. The molecule has 0 aliphatic carbocycles. The first-order chi connectivity index (χ1) is 28.2. The zero-order valence-corrected chi connectivity index (χ0v) is 38.9. The number of allylic oxidation sites excluding steroid dienone is 4. The number of amides is 1. The Bertz CT molecular complexity index is 825. The van der Waals surface area contributed by atoms with Crippen molar-refractivity contribution in [2.24, 2.45) is 0 Å². The van der Waals surface area contributed by atoms with Crippen molar-refractivity contribution in [3.05, 3.63) is 24.3 Å². The number of aliphatic hydroxyl groups excluding tert-OH is 2. The number of rotatable bonds is 48. The van der Waals surface area contributed by atoms with Crippen molar-refractivity contribution in [2.45, 2.75) is 302 Å². The van der Waals surface area contributed by atoms with Crippen molar-refractivity contribution in [3.63, 3.8) is 0 Å². The van der Waals surface area contributed by atoms with Crippen molar-refractivity contribution >= 4 is 5.91 Å². The predicted molar refractivity (Wildman–Crippen MR) is 253 cm³/mol. The van der Waals surface area contributed by atoms with E-state index in [4.69, 9.17) is 0 Å². The molecule has 0 radical (unpaired) electrons. The molecule has 2 unspecified atom stereocenters. The van der Waals surface area contributed by atoms with Gasteiger partial charge in [-0.05, 0) is 44.9 Å². The molecule has 0 aromatic heterocycles. The van der Waals surface area contributed by atoms with Crippen LogP contribution < -0.4 is 5.32 Å². The van der Waals surface area contributed by atoms with Gasteiger partial charge in [0.15, 0.2) is 0 Å². The Morgan fingerprint density at radius 2 is 0.719 bits per heavy atom. The van der Waals surface area contributed by atoms with Crippen LogP contribution in [0, 0.1) is 0 Å². The van der Waals surface area contributed by atoms with E-state index in [1.54, 1.807) is 0 Å². The fraction of sp³-hybridized carbons (Fsp3) is 0.906. The molecule has 4 heteroatoms. The van der Waals surface area contributed by atoms with E-state index in [9.17, 15) is 15.0 Å². The Kier molecular flexibility index (Phi) is 48.3. The zero-order valence-electron chi connectivity index (χ0n) is 38.9. The molecule has 0 fully saturated rings. The molecule has 1 amide bonds. The lowest BCUT2D eigenvalue weighted by Crippen LogP contribution is -2.45. The molecule has 0 saturated carbocycles. The third kappa shape index (κ3) is 45.8. The SMILES string of the molecule is CCCCCCCCCCC/C=C\C/C=C\CCCCCCCCCCCCCCCCCCCC(=O)NC(CO)C(O)CCCCCCCCCCCCCC. The van der Waals surface area contributed by atoms with Crippen molar-refractivity contribution in [2.75, 3.05) is 6.61 Å². The van der Waals surface area contributed by atoms with E-state index in [0.29, 0.717) is 12.8 Å². The lowest BCUT2D eigenvalue weighted by atomic mass is 10.0. The van der Waals surface area contributed by atoms with Gasteiger partial charge in [-0.1, -0.05) is 263 Å². The summed E-state index contributed by atoms with van der Waals surface area (Å²) in [6, 6.07) is -0.532. The third-order valence-electron chi connectivity index (χ3n) is 12.2. The molecule has 0 spiro atoms. The van der Waals surface area contributed by atoms with Crippen molar-refractivity contribution in [3.8, 4) is 0 Å². The minimum Gasteiger partial charge on any atom is -0.394 e. The maximum absolute atomic E-state index is 12.4. The summed E-state index contributed by atoms with van der Waals surface area (Å²) < 4.78 is 0. The van der Waals surface area contributed by atoms with Crippen LogP contribution in [0.1, 0.15) is 290 Å². The van der Waals surface area contributed by atoms with Crippen molar-refractivity contribution < 1.29 is 15.0 Å². The van der Waals surface area contributed by atoms with Gasteiger partial charge in [-0.15, -0.1) is 0 Å². The second-order valence-electron chi connectivity index (χ2n) is 17.9. The summed E-state index contributed by atoms with van der Waals surface area (Å²) in [7, 11) is 0. The molecule has 57 heavy (non-hydrogen) atoms. The molecule has 0 aliphatic rings. The number of unbranched alkanes of at least 4 members (excludes halogenated alkanes) is 37. The smallest absolute Gasteiger partial charge is 0.220 e. The molecule has 338 valence electrons. The average molecular weight is 802 g/mol. The first-order valence-corrected chi connectivity index (χ1v) is 26.0. The summed E-state index contributed by atoms with van der Waals surface area (Å²) in [5, 5.41) is 23.2. The van der Waals surface area contributed by atoms with E-state index in [0.717, 1.165) is 32.1 Å². The van der Waals surface area contributed by atoms with Crippen LogP contribution in [0.3, 0.4) is 0 Å². The lowest BCUT2D eigenvalue weighted by molar-refractivity contribution is -0.123. The Balaban J connectivity index is 3.40. The third-order valence-corrected chi connectivity index (χ3v) is 12.2. The Morgan fingerprint density at radius 3 is 1.05 bits per heavy atom. The number of aliphatic hydroxyl groups is 2. The summed E-state index contributed by atoms with van der Waals surface area (Å²) in [4.78, 5) is 12.4. The van der Waals surface area contributed by atoms with Crippen LogP contribution in [0.4, 0.5) is 0 Å². The maximum atomic E-state index is 12.4. The lowest BCUT2D eigenvalue weighted by Gasteiger charge is -2.22. The highest BCUT2D eigenvalue weighted by Gasteiger charge is 2.20. The van der Waals surface area contributed by atoms with Gasteiger partial charge in [0.05, 0.1) is 18.8 Å². The number of hydrogen-bond donors (Lipinski definition) is 3. The Labute approximate surface area is 358 Å². The minimum absolute atomic E-state index is 0.0283. The van der Waals surface area contributed by atoms with Gasteiger partial charge < -0.3 is 15.5 Å². The van der Waals surface area contributed by atoms with Crippen LogP contribution in [-0.2, 0) is 4.79 Å². The molecule has 0 rings (SSSR count). The summed E-state index contributed by atoms with van der Waals surface area (Å²) >= 11 is 0. The fourth-order valence-corrected chi connectivity index (χ4v) is 8.22. The van der Waals surface area contributed by atoms with Gasteiger partial charge in [0.2, 0.25) is 5.91 Å². The average Bonchev–Trinajstić information content (AvgIpc) is 3.22. The first kappa shape index (κ1) is 55.9. The molecule has 2 atom stereocenters. The highest BCUT2D eigenvalue weighted by molar-refractivity contribution is 5.76. The highest BCUT2D eigenvalue weighted by atomic mass is 16.3. The fourth-order valence-electron chi connectivity index (χ4n) is 8.22. The van der Waals surface area contributed by atoms with E-state index in [2.05, 4.69) is 43.5 Å². The van der Waals surface area contributed by atoms with E-state index in [1.165, 1.54) is 231 Å². The topological polar surface area (TPSA) is 69.6 Å². The number of nitrogens with one attached hydrogen (secondary N) is 1. The van der Waals surface area contributed by atoms with Crippen LogP contribution >= 0.6 is 0 Å². The molecule has 0 bridgehead atoms. The van der Waals surface area contributed by atoms with Crippen molar-refractivity contribution in [1.29, 1.82) is 0 Å². The summed E-state index contributed by atoms with van der Waals surface area (Å²) in [5.41, 5.74) is 0. The molecule has 0 aliphatic heterocycles. The molecular weight excluding hydrogens is 699 g/mol. The second kappa shape index (κ2) is 49.2. The predicted octanol–water partition coefficient (Wildman–Crippen LogP) is 16.8. The molecule has 4 nitrogen and oxygen atoms in total. The standard InChI is InChI=1S/C53H103NO3/c1-3-5-7-9-11-13-15-17-18-19-20-21-22-23-24-25-26-27-28-29-30-31-32-33-34-35-36-37-39-41-43-45-47-49-53(57)54-51(50-55)52(56)48-46-44-42-40-38-16-14-12-10-8-6-4-2/h20-21,23-24,51-52,55-56H,3-19,22,25-50H2,1-2H3,(H,54,57)/b21-20-,24-23-. The molecule has 0 aromatic carbocycles. The van der Waals surface area contributed by atoms with E-state index in [-0.39, 0.29) is 12.5 Å². The van der Waals surface area contributed by atoms with E-state index in [1.807, 2.05) is 0 Å². The van der Waals surface area contributed by atoms with Gasteiger partial charge in [-0.25, -0.2) is 0 Å². The number of carbonyl (C=O) groups excluding carboxylic acids is 1. The summed E-state index contributed by atoms with van der Waals surface area (Å²) in [6.45, 7) is 4.37. The molecular formula is C53H103NO3. The first-order valence-electron chi connectivity index (χ1n) is 26.0. The van der Waals surface area contributed by atoms with Gasteiger partial charge in [0.25, 0.3) is 0 Å². The summed E-state index contributed by atoms with van der Waals surface area (Å²) in [6.07, 6.45) is 64.4.